The van der Waals surface area contributed by atoms with Crippen molar-refractivity contribution in [2.45, 2.75) is 19.9 Å². The number of nitrogens with zero attached hydrogens (tertiary/aromatic N) is 2. The molecule has 0 radical (unpaired) electrons. The van der Waals surface area contributed by atoms with Crippen molar-refractivity contribution in [3.05, 3.63) is 88.9 Å². The highest BCUT2D eigenvalue weighted by Crippen LogP contribution is 2.44. The summed E-state index contributed by atoms with van der Waals surface area (Å²) in [4.78, 5) is 32.1. The van der Waals surface area contributed by atoms with Gasteiger partial charge in [0.05, 0.1) is 22.1 Å². The van der Waals surface area contributed by atoms with Gasteiger partial charge in [0.25, 0.3) is 5.78 Å². The number of fused-ring (bicyclic) bond motifs is 1. The lowest BCUT2D eigenvalue weighted by atomic mass is 9.97. The lowest BCUT2D eigenvalue weighted by Crippen LogP contribution is -2.29. The molecule has 31 heavy (non-hydrogen) atoms. The average Bonchev–Trinajstić information content (AvgIpc) is 3.48. The highest BCUT2D eigenvalue weighted by atomic mass is 32.1. The number of furan rings is 1. The van der Waals surface area contributed by atoms with Gasteiger partial charge in [0.15, 0.2) is 5.13 Å². The van der Waals surface area contributed by atoms with Gasteiger partial charge in [-0.05, 0) is 55.3 Å². The number of hydrogen-bond donors (Lipinski definition) is 1. The number of ketones is 1. The van der Waals surface area contributed by atoms with Gasteiger partial charge in [0, 0.05) is 5.56 Å². The Labute approximate surface area is 182 Å². The van der Waals surface area contributed by atoms with Gasteiger partial charge >= 0.3 is 5.91 Å². The Bertz CT molecular complexity index is 1330. The molecule has 3 heterocycles. The van der Waals surface area contributed by atoms with Crippen LogP contribution in [0.1, 0.15) is 28.5 Å². The van der Waals surface area contributed by atoms with Crippen LogP contribution in [0.5, 0.6) is 0 Å². The third kappa shape index (κ3) is 3.05. The van der Waals surface area contributed by atoms with E-state index in [4.69, 9.17) is 4.42 Å². The van der Waals surface area contributed by atoms with Crippen molar-refractivity contribution in [1.29, 1.82) is 0 Å². The molecule has 0 bridgehead atoms. The molecule has 0 spiro atoms. The Morgan fingerprint density at radius 3 is 2.58 bits per heavy atom. The molecule has 1 amide bonds. The van der Waals surface area contributed by atoms with Crippen LogP contribution in [0, 0.1) is 13.8 Å². The monoisotopic (exact) mass is 430 g/mol. The fourth-order valence-corrected chi connectivity index (χ4v) is 4.75. The van der Waals surface area contributed by atoms with Crippen molar-refractivity contribution in [3.8, 4) is 0 Å². The zero-order chi connectivity index (χ0) is 21.7. The molecule has 1 N–H and O–H groups in total. The molecule has 2 aromatic heterocycles. The van der Waals surface area contributed by atoms with Crippen LogP contribution in [0.3, 0.4) is 0 Å². The maximum absolute atomic E-state index is 13.1. The molecular formula is C24H18N2O4S. The summed E-state index contributed by atoms with van der Waals surface area (Å²) in [5.41, 5.74) is 3.23. The maximum Gasteiger partial charge on any atom is 0.302 e. The van der Waals surface area contributed by atoms with Crippen molar-refractivity contribution in [2.75, 3.05) is 4.90 Å². The first kappa shape index (κ1) is 19.3. The van der Waals surface area contributed by atoms with E-state index in [0.717, 1.165) is 21.3 Å². The molecule has 7 heteroatoms. The molecule has 6 nitrogen and oxygen atoms in total. The number of aromatic nitrogens is 1. The second kappa shape index (κ2) is 7.21. The van der Waals surface area contributed by atoms with Crippen LogP contribution >= 0.6 is 11.3 Å². The predicted molar refractivity (Wildman–Crippen MR) is 119 cm³/mol. The van der Waals surface area contributed by atoms with Crippen LogP contribution in [0.2, 0.25) is 0 Å². The average molecular weight is 430 g/mol. The Morgan fingerprint density at radius 1 is 1.06 bits per heavy atom. The number of hydrogen-bond acceptors (Lipinski definition) is 6. The minimum absolute atomic E-state index is 0.0116. The van der Waals surface area contributed by atoms with Crippen molar-refractivity contribution in [2.24, 2.45) is 0 Å². The molecule has 1 aliphatic heterocycles. The molecule has 1 aliphatic rings. The van der Waals surface area contributed by atoms with Crippen LogP contribution < -0.4 is 4.90 Å². The Kier molecular flexibility index (Phi) is 4.48. The number of aliphatic hydroxyl groups is 1. The molecule has 1 fully saturated rings. The van der Waals surface area contributed by atoms with Gasteiger partial charge in [-0.1, -0.05) is 35.6 Å². The number of carbonyl (C=O) groups excluding carboxylic acids is 2. The predicted octanol–water partition coefficient (Wildman–Crippen LogP) is 5.13. The number of amides is 1. The topological polar surface area (TPSA) is 83.6 Å². The summed E-state index contributed by atoms with van der Waals surface area (Å²) in [6.45, 7) is 3.89. The van der Waals surface area contributed by atoms with E-state index in [0.29, 0.717) is 16.5 Å². The van der Waals surface area contributed by atoms with Crippen LogP contribution in [0.25, 0.3) is 16.0 Å². The molecule has 4 aromatic rings. The second-order valence-electron chi connectivity index (χ2n) is 7.45. The number of thiazole rings is 1. The highest BCUT2D eigenvalue weighted by Gasteiger charge is 2.49. The van der Waals surface area contributed by atoms with Crippen LogP contribution in [0.4, 0.5) is 5.13 Å². The van der Waals surface area contributed by atoms with Crippen molar-refractivity contribution in [3.63, 3.8) is 0 Å². The Morgan fingerprint density at radius 2 is 1.87 bits per heavy atom. The first-order valence-electron chi connectivity index (χ1n) is 9.73. The normalized spacial score (nSPS) is 18.3. The fourth-order valence-electron chi connectivity index (χ4n) is 3.75. The van der Waals surface area contributed by atoms with Crippen LogP contribution in [-0.2, 0) is 9.59 Å². The van der Waals surface area contributed by atoms with E-state index in [9.17, 15) is 14.7 Å². The molecule has 0 saturated carbocycles. The Hall–Kier alpha value is -3.71. The molecule has 2 aromatic carbocycles. The number of anilines is 1. The lowest BCUT2D eigenvalue weighted by Gasteiger charge is -2.20. The molecule has 5 rings (SSSR count). The van der Waals surface area contributed by atoms with E-state index in [1.807, 2.05) is 44.2 Å². The number of aliphatic hydroxyl groups excluding tert-OH is 1. The molecule has 1 saturated heterocycles. The van der Waals surface area contributed by atoms with Gasteiger partial charge in [-0.25, -0.2) is 4.98 Å². The van der Waals surface area contributed by atoms with Crippen molar-refractivity contribution >= 4 is 44.1 Å². The number of aryl methyl sites for hydroxylation is 2. The number of benzene rings is 2. The molecular weight excluding hydrogens is 412 g/mol. The van der Waals surface area contributed by atoms with Crippen molar-refractivity contribution < 1.29 is 19.1 Å². The third-order valence-corrected chi connectivity index (χ3v) is 6.56. The number of carbonyl (C=O) groups is 2. The summed E-state index contributed by atoms with van der Waals surface area (Å²) in [5, 5.41) is 11.5. The first-order valence-corrected chi connectivity index (χ1v) is 10.5. The van der Waals surface area contributed by atoms with Gasteiger partial charge in [-0.3, -0.25) is 14.5 Å². The third-order valence-electron chi connectivity index (χ3n) is 5.53. The SMILES string of the molecule is Cc1ccc(/C(O)=C2\C(=O)C(=O)N(c3nc4ccccc4s3)C2c2ccco2)cc1C. The van der Waals surface area contributed by atoms with E-state index in [1.165, 1.54) is 22.5 Å². The zero-order valence-corrected chi connectivity index (χ0v) is 17.6. The largest absolute Gasteiger partial charge is 0.507 e. The standard InChI is InChI=1S/C24H18N2O4S/c1-13-9-10-15(12-14(13)2)21(27)19-20(17-7-5-11-30-17)26(23(29)22(19)28)24-25-16-6-3-4-8-18(16)31-24/h3-12,20,27H,1-2H3/b21-19+. The van der Waals surface area contributed by atoms with E-state index in [1.54, 1.807) is 24.3 Å². The van der Waals surface area contributed by atoms with Crippen LogP contribution in [0.15, 0.2) is 70.9 Å². The molecule has 1 atom stereocenters. The van der Waals surface area contributed by atoms with Gasteiger partial charge in [0.1, 0.15) is 17.6 Å². The summed E-state index contributed by atoms with van der Waals surface area (Å²) in [5.74, 6) is -1.36. The van der Waals surface area contributed by atoms with E-state index in [2.05, 4.69) is 4.98 Å². The van der Waals surface area contributed by atoms with E-state index < -0.39 is 17.7 Å². The van der Waals surface area contributed by atoms with E-state index >= 15 is 0 Å². The van der Waals surface area contributed by atoms with Crippen molar-refractivity contribution in [1.82, 2.24) is 4.98 Å². The van der Waals surface area contributed by atoms with Gasteiger partial charge in [-0.2, -0.15) is 0 Å². The number of Topliss-reactive ketones (excluding diaryl/α,β-unsaturated/α-hetero) is 1. The highest BCUT2D eigenvalue weighted by molar-refractivity contribution is 7.22. The molecule has 1 unspecified atom stereocenters. The summed E-state index contributed by atoms with van der Waals surface area (Å²) in [6, 6.07) is 15.4. The molecule has 0 aliphatic carbocycles. The van der Waals surface area contributed by atoms with E-state index in [-0.39, 0.29) is 11.3 Å². The summed E-state index contributed by atoms with van der Waals surface area (Å²) in [6.07, 6.45) is 1.48. The smallest absolute Gasteiger partial charge is 0.302 e. The molecule has 154 valence electrons. The minimum atomic E-state index is -0.905. The summed E-state index contributed by atoms with van der Waals surface area (Å²) >= 11 is 1.31. The van der Waals surface area contributed by atoms with Gasteiger partial charge in [-0.15, -0.1) is 0 Å². The minimum Gasteiger partial charge on any atom is -0.507 e. The van der Waals surface area contributed by atoms with Crippen LogP contribution in [-0.4, -0.2) is 21.8 Å². The van der Waals surface area contributed by atoms with Gasteiger partial charge < -0.3 is 9.52 Å². The number of rotatable bonds is 3. The number of para-hydroxylation sites is 1. The maximum atomic E-state index is 13.1. The summed E-state index contributed by atoms with van der Waals surface area (Å²) in [7, 11) is 0. The summed E-state index contributed by atoms with van der Waals surface area (Å²) < 4.78 is 6.48. The first-order chi connectivity index (χ1) is 15.0. The fraction of sp³-hybridized carbons (Fsp3) is 0.125. The zero-order valence-electron chi connectivity index (χ0n) is 16.8. The van der Waals surface area contributed by atoms with Gasteiger partial charge in [0.2, 0.25) is 0 Å². The quantitative estimate of drug-likeness (QED) is 0.277. The lowest BCUT2D eigenvalue weighted by molar-refractivity contribution is -0.132. The Balaban J connectivity index is 1.72. The second-order valence-corrected chi connectivity index (χ2v) is 8.46.